The van der Waals surface area contributed by atoms with E-state index in [1.54, 1.807) is 56.4 Å². The van der Waals surface area contributed by atoms with Crippen molar-refractivity contribution in [3.63, 3.8) is 0 Å². The molecule has 28 heavy (non-hydrogen) atoms. The van der Waals surface area contributed by atoms with Gasteiger partial charge in [-0.1, -0.05) is 35.9 Å². The summed E-state index contributed by atoms with van der Waals surface area (Å²) in [6.07, 6.45) is 0. The molecule has 3 N–H and O–H groups in total. The molecule has 0 saturated carbocycles. The van der Waals surface area contributed by atoms with Crippen LogP contribution in [0.1, 0.15) is 5.69 Å². The predicted octanol–water partition coefficient (Wildman–Crippen LogP) is 3.83. The maximum atomic E-state index is 12.7. The van der Waals surface area contributed by atoms with Gasteiger partial charge in [-0.3, -0.25) is 9.40 Å². The molecule has 0 aliphatic rings. The minimum Gasteiger partial charge on any atom is -0.308 e. The van der Waals surface area contributed by atoms with Crippen molar-refractivity contribution >= 4 is 44.7 Å². The van der Waals surface area contributed by atoms with Gasteiger partial charge in [-0.25, -0.2) is 13.2 Å². The molecule has 3 aromatic rings. The Kier molecular flexibility index (Phi) is 5.57. The molecule has 0 saturated heterocycles. The second-order valence-corrected chi connectivity index (χ2v) is 7.94. The summed E-state index contributed by atoms with van der Waals surface area (Å²) >= 11 is 6.06. The molecule has 3 rings (SSSR count). The average molecular weight is 420 g/mol. The zero-order chi connectivity index (χ0) is 20.3. The first-order valence-electron chi connectivity index (χ1n) is 8.21. The quantitative estimate of drug-likeness (QED) is 0.584. The van der Waals surface area contributed by atoms with Gasteiger partial charge in [0.05, 0.1) is 11.4 Å². The van der Waals surface area contributed by atoms with Gasteiger partial charge < -0.3 is 10.6 Å². The second kappa shape index (κ2) is 7.91. The van der Waals surface area contributed by atoms with Crippen molar-refractivity contribution < 1.29 is 13.2 Å². The Morgan fingerprint density at radius 3 is 2.25 bits per heavy atom. The summed E-state index contributed by atoms with van der Waals surface area (Å²) in [5.41, 5.74) is 1.62. The van der Waals surface area contributed by atoms with Crippen LogP contribution in [0.4, 0.5) is 21.9 Å². The van der Waals surface area contributed by atoms with E-state index < -0.39 is 16.1 Å². The van der Waals surface area contributed by atoms with Gasteiger partial charge in [0.15, 0.2) is 0 Å². The van der Waals surface area contributed by atoms with Crippen molar-refractivity contribution in [2.24, 2.45) is 7.05 Å². The Bertz CT molecular complexity index is 1110. The van der Waals surface area contributed by atoms with Crippen molar-refractivity contribution in [3.05, 3.63) is 65.4 Å². The molecule has 0 unspecified atom stereocenters. The molecule has 0 atom stereocenters. The van der Waals surface area contributed by atoms with Crippen LogP contribution in [-0.2, 0) is 17.1 Å². The highest BCUT2D eigenvalue weighted by Crippen LogP contribution is 2.27. The van der Waals surface area contributed by atoms with Crippen LogP contribution in [-0.4, -0.2) is 24.2 Å². The lowest BCUT2D eigenvalue weighted by atomic mass is 10.3. The van der Waals surface area contributed by atoms with E-state index in [0.29, 0.717) is 11.4 Å². The molecule has 2 amide bonds. The van der Waals surface area contributed by atoms with Crippen molar-refractivity contribution in [1.29, 1.82) is 0 Å². The number of aromatic nitrogens is 2. The average Bonchev–Trinajstić information content (AvgIpc) is 2.88. The minimum atomic E-state index is -3.94. The fourth-order valence-electron chi connectivity index (χ4n) is 2.60. The van der Waals surface area contributed by atoms with Crippen LogP contribution >= 0.6 is 11.6 Å². The molecule has 2 aromatic carbocycles. The SMILES string of the molecule is Cc1nn(C)c(Cl)c1S(=O)(=O)Nc1cccc(NC(=O)Nc2ccccc2)c1. The third-order valence-electron chi connectivity index (χ3n) is 3.77. The Hall–Kier alpha value is -3.04. The Morgan fingerprint density at radius 1 is 1.00 bits per heavy atom. The van der Waals surface area contributed by atoms with Crippen molar-refractivity contribution in [2.75, 3.05) is 15.4 Å². The van der Waals surface area contributed by atoms with Gasteiger partial charge >= 0.3 is 6.03 Å². The number of nitrogens with one attached hydrogen (secondary N) is 3. The fraction of sp³-hybridized carbons (Fsp3) is 0.111. The number of urea groups is 1. The molecule has 0 radical (unpaired) electrons. The summed E-state index contributed by atoms with van der Waals surface area (Å²) < 4.78 is 29.1. The van der Waals surface area contributed by atoms with Crippen LogP contribution in [0.25, 0.3) is 0 Å². The van der Waals surface area contributed by atoms with E-state index in [2.05, 4.69) is 20.5 Å². The standard InChI is InChI=1S/C18H18ClN5O3S/c1-12-16(17(19)24(2)22-12)28(26,27)23-15-10-6-9-14(11-15)21-18(25)20-13-7-4-3-5-8-13/h3-11,23H,1-2H3,(H2,20,21,25). The van der Waals surface area contributed by atoms with E-state index >= 15 is 0 Å². The Labute approximate surface area is 167 Å². The third-order valence-corrected chi connectivity index (χ3v) is 5.85. The number of hydrogen-bond acceptors (Lipinski definition) is 4. The number of carbonyl (C=O) groups excluding carboxylic acids is 1. The summed E-state index contributed by atoms with van der Waals surface area (Å²) in [6, 6.07) is 14.8. The van der Waals surface area contributed by atoms with Crippen LogP contribution in [0.3, 0.4) is 0 Å². The molecule has 10 heteroatoms. The molecule has 0 aliphatic heterocycles. The zero-order valence-electron chi connectivity index (χ0n) is 15.1. The van der Waals surface area contributed by atoms with Crippen molar-refractivity contribution in [3.8, 4) is 0 Å². The number of anilines is 3. The zero-order valence-corrected chi connectivity index (χ0v) is 16.7. The maximum Gasteiger partial charge on any atom is 0.323 e. The summed E-state index contributed by atoms with van der Waals surface area (Å²) in [7, 11) is -2.38. The number of hydrogen-bond donors (Lipinski definition) is 3. The fourth-order valence-corrected chi connectivity index (χ4v) is 4.40. The van der Waals surface area contributed by atoms with E-state index in [0.717, 1.165) is 0 Å². The minimum absolute atomic E-state index is 0.0153. The van der Waals surface area contributed by atoms with Gasteiger partial charge in [0, 0.05) is 18.4 Å². The lowest BCUT2D eigenvalue weighted by molar-refractivity contribution is 0.262. The van der Waals surface area contributed by atoms with E-state index in [4.69, 9.17) is 11.6 Å². The lowest BCUT2D eigenvalue weighted by Crippen LogP contribution is -2.19. The molecule has 1 heterocycles. The number of aryl methyl sites for hydroxylation is 2. The van der Waals surface area contributed by atoms with Crippen LogP contribution in [0, 0.1) is 6.92 Å². The molecule has 0 bridgehead atoms. The number of amides is 2. The smallest absolute Gasteiger partial charge is 0.308 e. The highest BCUT2D eigenvalue weighted by molar-refractivity contribution is 7.92. The maximum absolute atomic E-state index is 12.7. The van der Waals surface area contributed by atoms with Crippen LogP contribution < -0.4 is 15.4 Å². The van der Waals surface area contributed by atoms with Crippen LogP contribution in [0.5, 0.6) is 0 Å². The van der Waals surface area contributed by atoms with Gasteiger partial charge in [0.25, 0.3) is 10.0 Å². The van der Waals surface area contributed by atoms with Crippen LogP contribution in [0.2, 0.25) is 5.15 Å². The summed E-state index contributed by atoms with van der Waals surface area (Å²) in [4.78, 5) is 12.0. The highest BCUT2D eigenvalue weighted by Gasteiger charge is 2.25. The first kappa shape index (κ1) is 19.7. The first-order chi connectivity index (χ1) is 13.3. The number of benzene rings is 2. The molecule has 0 fully saturated rings. The van der Waals surface area contributed by atoms with E-state index in [-0.39, 0.29) is 21.4 Å². The normalized spacial score (nSPS) is 11.1. The summed E-state index contributed by atoms with van der Waals surface area (Å²) in [5.74, 6) is 0. The highest BCUT2D eigenvalue weighted by atomic mass is 35.5. The van der Waals surface area contributed by atoms with Gasteiger partial charge in [0.1, 0.15) is 10.0 Å². The summed E-state index contributed by atoms with van der Waals surface area (Å²) in [5, 5.41) is 9.37. The Balaban J connectivity index is 1.75. The summed E-state index contributed by atoms with van der Waals surface area (Å²) in [6.45, 7) is 1.56. The molecule has 1 aromatic heterocycles. The van der Waals surface area contributed by atoms with Crippen molar-refractivity contribution in [1.82, 2.24) is 9.78 Å². The Morgan fingerprint density at radius 2 is 1.61 bits per heavy atom. The molecule has 0 aliphatic carbocycles. The van der Waals surface area contributed by atoms with Crippen LogP contribution in [0.15, 0.2) is 59.5 Å². The number of nitrogens with zero attached hydrogens (tertiary/aromatic N) is 2. The van der Waals surface area contributed by atoms with Gasteiger partial charge in [-0.2, -0.15) is 5.10 Å². The molecule has 146 valence electrons. The molecular weight excluding hydrogens is 402 g/mol. The largest absolute Gasteiger partial charge is 0.323 e. The number of carbonyl (C=O) groups is 1. The topological polar surface area (TPSA) is 105 Å². The van der Waals surface area contributed by atoms with Gasteiger partial charge in [-0.05, 0) is 37.3 Å². The predicted molar refractivity (Wildman–Crippen MR) is 109 cm³/mol. The number of sulfonamides is 1. The second-order valence-electron chi connectivity index (χ2n) is 5.96. The molecule has 8 nitrogen and oxygen atoms in total. The van der Waals surface area contributed by atoms with Gasteiger partial charge in [-0.15, -0.1) is 0 Å². The first-order valence-corrected chi connectivity index (χ1v) is 10.1. The third kappa shape index (κ3) is 4.44. The number of halogens is 1. The number of rotatable bonds is 5. The monoisotopic (exact) mass is 419 g/mol. The van der Waals surface area contributed by atoms with E-state index in [1.807, 2.05) is 6.07 Å². The lowest BCUT2D eigenvalue weighted by Gasteiger charge is -2.11. The van der Waals surface area contributed by atoms with E-state index in [9.17, 15) is 13.2 Å². The molecular formula is C18H18ClN5O3S. The molecule has 0 spiro atoms. The van der Waals surface area contributed by atoms with Crippen molar-refractivity contribution in [2.45, 2.75) is 11.8 Å². The van der Waals surface area contributed by atoms with E-state index in [1.165, 1.54) is 10.7 Å². The van der Waals surface area contributed by atoms with Gasteiger partial charge in [0.2, 0.25) is 0 Å². The number of para-hydroxylation sites is 1.